The van der Waals surface area contributed by atoms with Gasteiger partial charge in [0.25, 0.3) is 0 Å². The van der Waals surface area contributed by atoms with Gasteiger partial charge in [0.2, 0.25) is 15.9 Å². The van der Waals surface area contributed by atoms with E-state index in [9.17, 15) is 18.0 Å². The van der Waals surface area contributed by atoms with E-state index in [-0.39, 0.29) is 18.0 Å². The smallest absolute Gasteiger partial charge is 0.341 e. The number of sulfonamides is 1. The van der Waals surface area contributed by atoms with Gasteiger partial charge >= 0.3 is 5.97 Å². The average Bonchev–Trinajstić information content (AvgIpc) is 3.28. The van der Waals surface area contributed by atoms with Crippen LogP contribution in [0.2, 0.25) is 0 Å². The maximum absolute atomic E-state index is 13.1. The molecule has 1 N–H and O–H groups in total. The second-order valence-corrected chi connectivity index (χ2v) is 10.4. The maximum Gasteiger partial charge on any atom is 0.341 e. The maximum atomic E-state index is 13.1. The number of esters is 1. The molecule has 1 saturated heterocycles. The van der Waals surface area contributed by atoms with E-state index in [1.807, 2.05) is 13.8 Å². The van der Waals surface area contributed by atoms with Gasteiger partial charge in [-0.2, -0.15) is 4.31 Å². The predicted octanol–water partition coefficient (Wildman–Crippen LogP) is 3.64. The summed E-state index contributed by atoms with van der Waals surface area (Å²) in [7, 11) is -3.80. The summed E-state index contributed by atoms with van der Waals surface area (Å²) in [6.07, 6.45) is 1.02. The van der Waals surface area contributed by atoms with E-state index in [4.69, 9.17) is 4.74 Å². The summed E-state index contributed by atoms with van der Waals surface area (Å²) in [5.74, 6) is -0.930. The number of amides is 1. The third-order valence-corrected chi connectivity index (χ3v) is 8.28. The molecule has 30 heavy (non-hydrogen) atoms. The molecule has 0 spiro atoms. The van der Waals surface area contributed by atoms with E-state index in [1.54, 1.807) is 38.1 Å². The molecule has 7 nitrogen and oxygen atoms in total. The number of hydrogen-bond acceptors (Lipinski definition) is 6. The van der Waals surface area contributed by atoms with Crippen molar-refractivity contribution >= 4 is 38.2 Å². The first-order chi connectivity index (χ1) is 14.2. The first-order valence-corrected chi connectivity index (χ1v) is 12.1. The highest BCUT2D eigenvalue weighted by Gasteiger charge is 2.40. The van der Waals surface area contributed by atoms with E-state index in [0.29, 0.717) is 23.4 Å². The second kappa shape index (κ2) is 8.87. The van der Waals surface area contributed by atoms with Crippen LogP contribution < -0.4 is 5.32 Å². The van der Waals surface area contributed by atoms with Gasteiger partial charge in [0.1, 0.15) is 11.0 Å². The fourth-order valence-electron chi connectivity index (χ4n) is 3.49. The number of benzene rings is 1. The van der Waals surface area contributed by atoms with Crippen molar-refractivity contribution in [2.75, 3.05) is 18.5 Å². The van der Waals surface area contributed by atoms with Crippen molar-refractivity contribution in [3.05, 3.63) is 45.8 Å². The zero-order chi connectivity index (χ0) is 22.1. The van der Waals surface area contributed by atoms with Gasteiger partial charge in [0, 0.05) is 11.4 Å². The number of anilines is 1. The Morgan fingerprint density at radius 3 is 2.50 bits per heavy atom. The molecular weight excluding hydrogens is 424 g/mol. The molecule has 2 heterocycles. The minimum Gasteiger partial charge on any atom is -0.462 e. The Kier molecular flexibility index (Phi) is 6.64. The van der Waals surface area contributed by atoms with Crippen LogP contribution >= 0.6 is 11.3 Å². The number of aryl methyl sites for hydroxylation is 2. The average molecular weight is 451 g/mol. The lowest BCUT2D eigenvalue weighted by Crippen LogP contribution is -2.43. The van der Waals surface area contributed by atoms with Gasteiger partial charge in [-0.1, -0.05) is 17.7 Å². The number of thiophene rings is 1. The van der Waals surface area contributed by atoms with Crippen LogP contribution in [0.25, 0.3) is 0 Å². The fraction of sp³-hybridized carbons (Fsp3) is 0.429. The molecule has 0 saturated carbocycles. The van der Waals surface area contributed by atoms with Crippen molar-refractivity contribution in [3.63, 3.8) is 0 Å². The summed E-state index contributed by atoms with van der Waals surface area (Å²) in [6.45, 7) is 7.78. The lowest BCUT2D eigenvalue weighted by atomic mass is 10.1. The van der Waals surface area contributed by atoms with E-state index >= 15 is 0 Å². The fourth-order valence-corrected chi connectivity index (χ4v) is 6.20. The highest BCUT2D eigenvalue weighted by molar-refractivity contribution is 7.89. The highest BCUT2D eigenvalue weighted by atomic mass is 32.2. The summed E-state index contributed by atoms with van der Waals surface area (Å²) in [5, 5.41) is 3.19. The van der Waals surface area contributed by atoms with Crippen LogP contribution in [0.4, 0.5) is 5.00 Å². The summed E-state index contributed by atoms with van der Waals surface area (Å²) in [5.41, 5.74) is 2.04. The molecule has 9 heteroatoms. The Balaban J connectivity index is 1.86. The topological polar surface area (TPSA) is 92.8 Å². The second-order valence-electron chi connectivity index (χ2n) is 7.28. The van der Waals surface area contributed by atoms with Gasteiger partial charge in [-0.05, 0) is 58.2 Å². The van der Waals surface area contributed by atoms with Gasteiger partial charge < -0.3 is 10.1 Å². The number of carbonyl (C=O) groups excluding carboxylic acids is 2. The van der Waals surface area contributed by atoms with Crippen LogP contribution in [0, 0.1) is 20.8 Å². The molecule has 0 aliphatic carbocycles. The van der Waals surface area contributed by atoms with Crippen molar-refractivity contribution < 1.29 is 22.7 Å². The minimum atomic E-state index is -3.80. The Morgan fingerprint density at radius 2 is 1.87 bits per heavy atom. The summed E-state index contributed by atoms with van der Waals surface area (Å²) >= 11 is 1.29. The molecule has 0 unspecified atom stereocenters. The first kappa shape index (κ1) is 22.5. The van der Waals surface area contributed by atoms with Crippen molar-refractivity contribution in [2.24, 2.45) is 0 Å². The summed E-state index contributed by atoms with van der Waals surface area (Å²) in [6, 6.07) is 5.77. The molecule has 0 bridgehead atoms. The van der Waals surface area contributed by atoms with Crippen LogP contribution in [0.3, 0.4) is 0 Å². The normalized spacial score (nSPS) is 17.1. The molecule has 1 aliphatic rings. The predicted molar refractivity (Wildman–Crippen MR) is 116 cm³/mol. The lowest BCUT2D eigenvalue weighted by Gasteiger charge is -2.23. The quantitative estimate of drug-likeness (QED) is 0.678. The van der Waals surface area contributed by atoms with Gasteiger partial charge in [0.15, 0.2) is 0 Å². The van der Waals surface area contributed by atoms with Crippen LogP contribution in [0.1, 0.15) is 46.1 Å². The first-order valence-electron chi connectivity index (χ1n) is 9.83. The molecule has 1 amide bonds. The Labute approximate surface area is 181 Å². The number of ether oxygens (including phenoxy) is 1. The molecule has 1 fully saturated rings. The molecule has 3 rings (SSSR count). The van der Waals surface area contributed by atoms with E-state index < -0.39 is 27.9 Å². The summed E-state index contributed by atoms with van der Waals surface area (Å²) in [4.78, 5) is 26.5. The molecule has 2 aromatic rings. The molecular formula is C21H26N2O5S2. The van der Waals surface area contributed by atoms with E-state index in [0.717, 1.165) is 16.0 Å². The third-order valence-electron chi connectivity index (χ3n) is 5.24. The molecule has 1 atom stereocenters. The third kappa shape index (κ3) is 4.28. The zero-order valence-electron chi connectivity index (χ0n) is 17.5. The van der Waals surface area contributed by atoms with Gasteiger partial charge in [-0.15, -0.1) is 11.3 Å². The van der Waals surface area contributed by atoms with E-state index in [1.165, 1.54) is 15.6 Å². The number of hydrogen-bond donors (Lipinski definition) is 1. The number of rotatable bonds is 6. The molecule has 1 aromatic carbocycles. The number of carbonyl (C=O) groups is 2. The van der Waals surface area contributed by atoms with Crippen LogP contribution in [0.5, 0.6) is 0 Å². The minimum absolute atomic E-state index is 0.169. The lowest BCUT2D eigenvalue weighted by molar-refractivity contribution is -0.119. The van der Waals surface area contributed by atoms with Gasteiger partial charge in [-0.3, -0.25) is 4.79 Å². The van der Waals surface area contributed by atoms with Crippen molar-refractivity contribution in [1.82, 2.24) is 4.31 Å². The molecule has 1 aromatic heterocycles. The standard InChI is InChI=1S/C21H26N2O5S2/c1-5-28-21(25)18-14(3)15(4)29-20(18)22-19(24)17-7-6-12-23(17)30(26,27)16-10-8-13(2)9-11-16/h8-11,17H,5-7,12H2,1-4H3,(H,22,24)/t17-/m1/s1. The molecule has 0 radical (unpaired) electrons. The van der Waals surface area contributed by atoms with Gasteiger partial charge in [-0.25, -0.2) is 13.2 Å². The molecule has 1 aliphatic heterocycles. The zero-order valence-corrected chi connectivity index (χ0v) is 19.2. The van der Waals surface area contributed by atoms with Crippen LogP contribution in [-0.4, -0.2) is 43.8 Å². The van der Waals surface area contributed by atoms with E-state index in [2.05, 4.69) is 5.32 Å². The highest BCUT2D eigenvalue weighted by Crippen LogP contribution is 2.34. The van der Waals surface area contributed by atoms with Gasteiger partial charge in [0.05, 0.1) is 17.1 Å². The summed E-state index contributed by atoms with van der Waals surface area (Å²) < 4.78 is 32.6. The van der Waals surface area contributed by atoms with Crippen LogP contribution in [-0.2, 0) is 19.6 Å². The van der Waals surface area contributed by atoms with Crippen molar-refractivity contribution in [2.45, 2.75) is 51.5 Å². The largest absolute Gasteiger partial charge is 0.462 e. The van der Waals surface area contributed by atoms with Crippen LogP contribution in [0.15, 0.2) is 29.2 Å². The Morgan fingerprint density at radius 1 is 1.20 bits per heavy atom. The Hall–Kier alpha value is -2.23. The SMILES string of the molecule is CCOC(=O)c1c(NC(=O)[C@H]2CCCN2S(=O)(=O)c2ccc(C)cc2)sc(C)c1C. The van der Waals surface area contributed by atoms with Crippen molar-refractivity contribution in [3.8, 4) is 0 Å². The molecule has 162 valence electrons. The monoisotopic (exact) mass is 450 g/mol. The Bertz CT molecular complexity index is 1060. The number of nitrogens with zero attached hydrogens (tertiary/aromatic N) is 1. The van der Waals surface area contributed by atoms with Crippen molar-refractivity contribution in [1.29, 1.82) is 0 Å². The number of nitrogens with one attached hydrogen (secondary N) is 1.